The van der Waals surface area contributed by atoms with Crippen molar-refractivity contribution >= 4 is 23.4 Å². The Labute approximate surface area is 131 Å². The van der Waals surface area contributed by atoms with E-state index in [2.05, 4.69) is 33.8 Å². The maximum atomic E-state index is 5.15. The molecule has 1 heterocycles. The van der Waals surface area contributed by atoms with Crippen LogP contribution in [0.15, 0.2) is 6.07 Å². The van der Waals surface area contributed by atoms with Crippen LogP contribution in [0.2, 0.25) is 0 Å². The highest BCUT2D eigenvalue weighted by atomic mass is 32.2. The van der Waals surface area contributed by atoms with Gasteiger partial charge in [0.25, 0.3) is 0 Å². The molecule has 1 aromatic heterocycles. The van der Waals surface area contributed by atoms with Crippen molar-refractivity contribution in [1.29, 1.82) is 0 Å². The van der Waals surface area contributed by atoms with E-state index in [0.29, 0.717) is 12.6 Å². The summed E-state index contributed by atoms with van der Waals surface area (Å²) in [6.45, 7) is 3.35. The van der Waals surface area contributed by atoms with E-state index in [1.54, 1.807) is 7.11 Å². The molecule has 2 N–H and O–H groups in total. The fraction of sp³-hybridized carbons (Fsp3) is 0.733. The lowest BCUT2D eigenvalue weighted by Gasteiger charge is -2.28. The molecular weight excluding hydrogens is 284 g/mol. The molecule has 0 aromatic carbocycles. The molecule has 21 heavy (non-hydrogen) atoms. The Kier molecular flexibility index (Phi) is 6.57. The summed E-state index contributed by atoms with van der Waals surface area (Å²) in [5.74, 6) is 2.48. The van der Waals surface area contributed by atoms with Crippen LogP contribution in [0, 0.1) is 0 Å². The summed E-state index contributed by atoms with van der Waals surface area (Å²) in [5, 5.41) is 7.65. The van der Waals surface area contributed by atoms with E-state index in [1.807, 2.05) is 17.8 Å². The second kappa shape index (κ2) is 8.44. The van der Waals surface area contributed by atoms with Gasteiger partial charge in [-0.15, -0.1) is 0 Å². The Balaban J connectivity index is 2.01. The average molecular weight is 310 g/mol. The fourth-order valence-electron chi connectivity index (χ4n) is 2.69. The van der Waals surface area contributed by atoms with Crippen LogP contribution in [-0.2, 0) is 11.3 Å². The van der Waals surface area contributed by atoms with Gasteiger partial charge in [0.05, 0.1) is 0 Å². The molecule has 1 fully saturated rings. The highest BCUT2D eigenvalue weighted by molar-refractivity contribution is 7.99. The van der Waals surface area contributed by atoms with Crippen molar-refractivity contribution in [2.24, 2.45) is 0 Å². The van der Waals surface area contributed by atoms with Crippen LogP contribution in [-0.4, -0.2) is 41.2 Å². The Hall–Kier alpha value is -1.01. The van der Waals surface area contributed by atoms with Gasteiger partial charge in [0.15, 0.2) is 5.82 Å². The number of hydrogen-bond acceptors (Lipinski definition) is 6. The van der Waals surface area contributed by atoms with E-state index < -0.39 is 0 Å². The zero-order valence-electron chi connectivity index (χ0n) is 13.2. The molecule has 0 aliphatic heterocycles. The number of aromatic nitrogens is 2. The number of nitrogens with zero attached hydrogens (tertiary/aromatic N) is 2. The van der Waals surface area contributed by atoms with Crippen LogP contribution in [0.5, 0.6) is 0 Å². The zero-order chi connectivity index (χ0) is 15.1. The molecule has 5 nitrogen and oxygen atoms in total. The van der Waals surface area contributed by atoms with Gasteiger partial charge in [0.1, 0.15) is 18.2 Å². The zero-order valence-corrected chi connectivity index (χ0v) is 14.0. The standard InChI is InChI=1S/C15H26N4OS/c1-4-16-13-9-14(19-15(18-13)10-20-2)17-11-5-7-12(21-3)8-6-11/h9,11-12H,4-8,10H2,1-3H3,(H2,16,17,18,19). The maximum absolute atomic E-state index is 5.15. The van der Waals surface area contributed by atoms with Gasteiger partial charge in [-0.3, -0.25) is 0 Å². The summed E-state index contributed by atoms with van der Waals surface area (Å²) in [5.41, 5.74) is 0. The highest BCUT2D eigenvalue weighted by Gasteiger charge is 2.20. The Morgan fingerprint density at radius 3 is 2.57 bits per heavy atom. The molecule has 0 atom stereocenters. The lowest BCUT2D eigenvalue weighted by Crippen LogP contribution is -2.27. The van der Waals surface area contributed by atoms with Crippen molar-refractivity contribution in [3.8, 4) is 0 Å². The molecule has 0 unspecified atom stereocenters. The molecule has 0 bridgehead atoms. The smallest absolute Gasteiger partial charge is 0.158 e. The van der Waals surface area contributed by atoms with Gasteiger partial charge in [0, 0.05) is 31.0 Å². The predicted octanol–water partition coefficient (Wildman–Crippen LogP) is 3.14. The van der Waals surface area contributed by atoms with Crippen molar-refractivity contribution < 1.29 is 4.74 Å². The van der Waals surface area contributed by atoms with Crippen LogP contribution in [0.1, 0.15) is 38.4 Å². The van der Waals surface area contributed by atoms with E-state index in [0.717, 1.165) is 29.3 Å². The molecule has 0 spiro atoms. The van der Waals surface area contributed by atoms with Crippen molar-refractivity contribution in [2.45, 2.75) is 50.5 Å². The van der Waals surface area contributed by atoms with Crippen LogP contribution in [0.3, 0.4) is 0 Å². The third-order valence-corrected chi connectivity index (χ3v) is 4.90. The lowest BCUT2D eigenvalue weighted by molar-refractivity contribution is 0.178. The second-order valence-electron chi connectivity index (χ2n) is 5.37. The number of thioether (sulfide) groups is 1. The summed E-state index contributed by atoms with van der Waals surface area (Å²) in [6, 6.07) is 2.51. The van der Waals surface area contributed by atoms with E-state index in [9.17, 15) is 0 Å². The first-order chi connectivity index (χ1) is 10.2. The summed E-state index contributed by atoms with van der Waals surface area (Å²) in [7, 11) is 1.67. The summed E-state index contributed by atoms with van der Waals surface area (Å²) < 4.78 is 5.15. The first-order valence-electron chi connectivity index (χ1n) is 7.65. The number of nitrogens with one attached hydrogen (secondary N) is 2. The lowest BCUT2D eigenvalue weighted by atomic mass is 9.95. The van der Waals surface area contributed by atoms with E-state index in [4.69, 9.17) is 4.74 Å². The van der Waals surface area contributed by atoms with Gasteiger partial charge in [-0.25, -0.2) is 9.97 Å². The second-order valence-corrected chi connectivity index (χ2v) is 6.51. The number of ether oxygens (including phenoxy) is 1. The van der Waals surface area contributed by atoms with Gasteiger partial charge in [-0.05, 0) is 38.9 Å². The van der Waals surface area contributed by atoms with Gasteiger partial charge in [-0.2, -0.15) is 11.8 Å². The summed E-state index contributed by atoms with van der Waals surface area (Å²) in [4.78, 5) is 8.99. The third kappa shape index (κ3) is 5.04. The minimum atomic E-state index is 0.438. The molecule has 1 aliphatic carbocycles. The first kappa shape index (κ1) is 16.4. The fourth-order valence-corrected chi connectivity index (χ4v) is 3.43. The molecule has 0 radical (unpaired) electrons. The number of methoxy groups -OCH3 is 1. The minimum absolute atomic E-state index is 0.438. The molecule has 6 heteroatoms. The minimum Gasteiger partial charge on any atom is -0.377 e. The van der Waals surface area contributed by atoms with E-state index in [-0.39, 0.29) is 0 Å². The van der Waals surface area contributed by atoms with Gasteiger partial charge >= 0.3 is 0 Å². The SMILES string of the molecule is CCNc1cc(NC2CCC(SC)CC2)nc(COC)n1. The number of anilines is 2. The van der Waals surface area contributed by atoms with Crippen molar-refractivity contribution in [2.75, 3.05) is 30.5 Å². The molecule has 0 amide bonds. The van der Waals surface area contributed by atoms with Crippen LogP contribution in [0.4, 0.5) is 11.6 Å². The molecular formula is C15H26N4OS. The normalized spacial score (nSPS) is 22.0. The van der Waals surface area contributed by atoms with Gasteiger partial charge in [0.2, 0.25) is 0 Å². The monoisotopic (exact) mass is 310 g/mol. The predicted molar refractivity (Wildman–Crippen MR) is 90.1 cm³/mol. The van der Waals surface area contributed by atoms with Gasteiger partial charge in [-0.1, -0.05) is 0 Å². The average Bonchev–Trinajstić information content (AvgIpc) is 2.48. The van der Waals surface area contributed by atoms with E-state index in [1.165, 1.54) is 25.7 Å². The quantitative estimate of drug-likeness (QED) is 0.807. The number of rotatable bonds is 7. The van der Waals surface area contributed by atoms with Gasteiger partial charge < -0.3 is 15.4 Å². The topological polar surface area (TPSA) is 59.1 Å². The molecule has 1 aliphatic rings. The van der Waals surface area contributed by atoms with Crippen LogP contribution >= 0.6 is 11.8 Å². The third-order valence-electron chi connectivity index (χ3n) is 3.76. The van der Waals surface area contributed by atoms with Crippen molar-refractivity contribution in [3.05, 3.63) is 11.9 Å². The van der Waals surface area contributed by atoms with Crippen molar-refractivity contribution in [1.82, 2.24) is 9.97 Å². The molecule has 1 saturated carbocycles. The summed E-state index contributed by atoms with van der Waals surface area (Å²) in [6.07, 6.45) is 7.21. The Bertz CT molecular complexity index is 411. The molecule has 2 rings (SSSR count). The Morgan fingerprint density at radius 1 is 1.24 bits per heavy atom. The Morgan fingerprint density at radius 2 is 1.95 bits per heavy atom. The summed E-state index contributed by atoms with van der Waals surface area (Å²) >= 11 is 1.99. The highest BCUT2D eigenvalue weighted by Crippen LogP contribution is 2.28. The molecule has 118 valence electrons. The maximum Gasteiger partial charge on any atom is 0.158 e. The van der Waals surface area contributed by atoms with E-state index >= 15 is 0 Å². The first-order valence-corrected chi connectivity index (χ1v) is 8.94. The van der Waals surface area contributed by atoms with Crippen LogP contribution in [0.25, 0.3) is 0 Å². The molecule has 0 saturated heterocycles. The number of hydrogen-bond donors (Lipinski definition) is 2. The van der Waals surface area contributed by atoms with Crippen LogP contribution < -0.4 is 10.6 Å². The largest absolute Gasteiger partial charge is 0.377 e. The molecule has 1 aromatic rings. The van der Waals surface area contributed by atoms with Crippen molar-refractivity contribution in [3.63, 3.8) is 0 Å².